The van der Waals surface area contributed by atoms with Crippen LogP contribution in [0, 0.1) is 5.92 Å². The number of hydrogen-bond donors (Lipinski definition) is 3. The third-order valence-corrected chi connectivity index (χ3v) is 6.88. The first-order valence-electron chi connectivity index (χ1n) is 12.1. The van der Waals surface area contributed by atoms with Gasteiger partial charge in [-0.15, -0.1) is 0 Å². The van der Waals surface area contributed by atoms with Gasteiger partial charge in [0.15, 0.2) is 17.7 Å². The largest absolute Gasteiger partial charge is 0.459 e. The lowest BCUT2D eigenvalue weighted by atomic mass is 9.92. The van der Waals surface area contributed by atoms with E-state index in [9.17, 15) is 15.0 Å². The maximum absolute atomic E-state index is 12.6. The summed E-state index contributed by atoms with van der Waals surface area (Å²) in [6.07, 6.45) is 7.42. The van der Waals surface area contributed by atoms with Crippen LogP contribution in [0.4, 0.5) is 5.82 Å². The molecule has 1 unspecified atom stereocenters. The van der Waals surface area contributed by atoms with E-state index in [-0.39, 0.29) is 17.7 Å². The van der Waals surface area contributed by atoms with Crippen molar-refractivity contribution in [1.82, 2.24) is 19.5 Å². The maximum Gasteiger partial charge on any atom is 0.306 e. The summed E-state index contributed by atoms with van der Waals surface area (Å²) in [5.41, 5.74) is 6.67. The van der Waals surface area contributed by atoms with E-state index in [0.29, 0.717) is 17.6 Å². The minimum Gasteiger partial charge on any atom is -0.459 e. The Bertz CT molecular complexity index is 931. The summed E-state index contributed by atoms with van der Waals surface area (Å²) in [7, 11) is 0. The number of aliphatic hydroxyl groups is 2. The van der Waals surface area contributed by atoms with Gasteiger partial charge in [0.2, 0.25) is 0 Å². The molecular formula is C23H35N5O5. The number of unbranched alkanes of at least 4 members (excludes halogenated alkanes) is 4. The van der Waals surface area contributed by atoms with Gasteiger partial charge in [0.05, 0.1) is 6.33 Å². The zero-order valence-corrected chi connectivity index (χ0v) is 19.2. The first kappa shape index (κ1) is 23.8. The predicted molar refractivity (Wildman–Crippen MR) is 121 cm³/mol. The normalized spacial score (nSPS) is 26.8. The number of aromatic nitrogens is 4. The van der Waals surface area contributed by atoms with E-state index in [2.05, 4.69) is 21.9 Å². The number of carbonyl (C=O) groups excluding carboxylic acids is 1. The average Bonchev–Trinajstić information content (AvgIpc) is 3.54. The number of rotatable bonds is 10. The minimum atomic E-state index is -1.24. The second-order valence-corrected chi connectivity index (χ2v) is 9.22. The third kappa shape index (κ3) is 5.12. The Hall–Kier alpha value is -2.30. The summed E-state index contributed by atoms with van der Waals surface area (Å²) in [6.45, 7) is 2.16. The quantitative estimate of drug-likeness (QED) is 0.359. The fourth-order valence-corrected chi connectivity index (χ4v) is 5.04. The van der Waals surface area contributed by atoms with Crippen molar-refractivity contribution < 1.29 is 24.5 Å². The number of nitrogens with zero attached hydrogens (tertiary/aromatic N) is 4. The number of esters is 1. The predicted octanol–water partition coefficient (Wildman–Crippen LogP) is 2.49. The molecule has 0 spiro atoms. The Morgan fingerprint density at radius 2 is 1.94 bits per heavy atom. The monoisotopic (exact) mass is 461 g/mol. The molecule has 4 N–H and O–H groups in total. The molecule has 3 heterocycles. The third-order valence-electron chi connectivity index (χ3n) is 6.88. The standard InChI is InChI=1S/C23H35N5O5/c1-2-3-4-5-6-11-15(29)32-19(14-9-7-8-10-14)20-17(30)18(31)23(33-20)28-13-27-16-21(24)25-12-26-22(16)28/h12-14,17-20,23,30-31H,2-11H2,1H3,(H2,24,25,26)/t17-,18+,19?,20-,23+/m0/s1. The lowest BCUT2D eigenvalue weighted by Gasteiger charge is -2.30. The number of fused-ring (bicyclic) bond motifs is 1. The van der Waals surface area contributed by atoms with Gasteiger partial charge in [-0.25, -0.2) is 15.0 Å². The van der Waals surface area contributed by atoms with Crippen molar-refractivity contribution in [3.8, 4) is 0 Å². The van der Waals surface area contributed by atoms with Gasteiger partial charge in [-0.1, -0.05) is 45.4 Å². The molecule has 10 heteroatoms. The van der Waals surface area contributed by atoms with Crippen molar-refractivity contribution in [3.05, 3.63) is 12.7 Å². The van der Waals surface area contributed by atoms with Crippen LogP contribution in [0.3, 0.4) is 0 Å². The zero-order chi connectivity index (χ0) is 23.4. The molecule has 1 aliphatic heterocycles. The van der Waals surface area contributed by atoms with Gasteiger partial charge in [-0.05, 0) is 25.2 Å². The summed E-state index contributed by atoms with van der Waals surface area (Å²) >= 11 is 0. The van der Waals surface area contributed by atoms with E-state index in [1.165, 1.54) is 19.1 Å². The molecule has 0 radical (unpaired) electrons. The van der Waals surface area contributed by atoms with Crippen molar-refractivity contribution in [2.24, 2.45) is 5.92 Å². The number of aliphatic hydroxyl groups excluding tert-OH is 2. The van der Waals surface area contributed by atoms with Gasteiger partial charge in [-0.3, -0.25) is 9.36 Å². The number of carbonyl (C=O) groups is 1. The van der Waals surface area contributed by atoms with Crippen LogP contribution in [0.15, 0.2) is 12.7 Å². The molecule has 1 aliphatic carbocycles. The molecule has 0 bridgehead atoms. The Balaban J connectivity index is 1.48. The highest BCUT2D eigenvalue weighted by Gasteiger charge is 2.51. The highest BCUT2D eigenvalue weighted by Crippen LogP contribution is 2.39. The molecule has 2 aliphatic rings. The molecule has 2 fully saturated rings. The van der Waals surface area contributed by atoms with E-state index in [1.54, 1.807) is 4.57 Å². The molecule has 5 atom stereocenters. The van der Waals surface area contributed by atoms with Crippen molar-refractivity contribution in [2.75, 3.05) is 5.73 Å². The van der Waals surface area contributed by atoms with E-state index in [1.807, 2.05) is 0 Å². The molecule has 10 nitrogen and oxygen atoms in total. The second-order valence-electron chi connectivity index (χ2n) is 9.22. The van der Waals surface area contributed by atoms with Crippen molar-refractivity contribution in [1.29, 1.82) is 0 Å². The lowest BCUT2D eigenvalue weighted by Crippen LogP contribution is -2.44. The highest BCUT2D eigenvalue weighted by molar-refractivity contribution is 5.81. The second kappa shape index (κ2) is 10.8. The average molecular weight is 462 g/mol. The van der Waals surface area contributed by atoms with Crippen LogP contribution >= 0.6 is 0 Å². The van der Waals surface area contributed by atoms with Crippen LogP contribution in [0.2, 0.25) is 0 Å². The summed E-state index contributed by atoms with van der Waals surface area (Å²) < 4.78 is 13.6. The molecule has 182 valence electrons. The molecule has 0 amide bonds. The fourth-order valence-electron chi connectivity index (χ4n) is 5.04. The number of imidazole rings is 1. The molecule has 33 heavy (non-hydrogen) atoms. The van der Waals surface area contributed by atoms with Crippen LogP contribution in [-0.2, 0) is 14.3 Å². The summed E-state index contributed by atoms with van der Waals surface area (Å²) in [5.74, 6) is 0.0444. The molecule has 1 saturated carbocycles. The number of nitrogens with two attached hydrogens (primary N) is 1. The summed E-state index contributed by atoms with van der Waals surface area (Å²) in [5, 5.41) is 21.8. The number of ether oxygens (including phenoxy) is 2. The highest BCUT2D eigenvalue weighted by atomic mass is 16.6. The van der Waals surface area contributed by atoms with E-state index >= 15 is 0 Å². The molecular weight excluding hydrogens is 426 g/mol. The summed E-state index contributed by atoms with van der Waals surface area (Å²) in [6, 6.07) is 0. The van der Waals surface area contributed by atoms with Crippen molar-refractivity contribution in [2.45, 2.75) is 102 Å². The Morgan fingerprint density at radius 3 is 2.70 bits per heavy atom. The molecule has 2 aromatic heterocycles. The van der Waals surface area contributed by atoms with E-state index in [4.69, 9.17) is 15.2 Å². The van der Waals surface area contributed by atoms with Gasteiger partial charge in [0.1, 0.15) is 36.3 Å². The Kier molecular flexibility index (Phi) is 7.77. The first-order valence-corrected chi connectivity index (χ1v) is 12.1. The molecule has 0 aromatic carbocycles. The van der Waals surface area contributed by atoms with Crippen molar-refractivity contribution in [3.63, 3.8) is 0 Å². The number of anilines is 1. The van der Waals surface area contributed by atoms with Crippen LogP contribution < -0.4 is 5.73 Å². The van der Waals surface area contributed by atoms with Gasteiger partial charge >= 0.3 is 5.97 Å². The topological polar surface area (TPSA) is 146 Å². The van der Waals surface area contributed by atoms with Crippen LogP contribution in [0.25, 0.3) is 11.2 Å². The van der Waals surface area contributed by atoms with Crippen LogP contribution in [0.1, 0.15) is 77.4 Å². The number of hydrogen-bond acceptors (Lipinski definition) is 9. The van der Waals surface area contributed by atoms with Gasteiger partial charge in [-0.2, -0.15) is 0 Å². The molecule has 1 saturated heterocycles. The number of nitrogen functional groups attached to an aromatic ring is 1. The SMILES string of the molecule is CCCCCCCC(=O)OC(C1CCCC1)[C@H]1O[C@@H](n2cnc3c(N)ncnc32)[C@H](O)[C@@H]1O. The minimum absolute atomic E-state index is 0.0946. The maximum atomic E-state index is 12.6. The zero-order valence-electron chi connectivity index (χ0n) is 19.2. The lowest BCUT2D eigenvalue weighted by molar-refractivity contribution is -0.168. The smallest absolute Gasteiger partial charge is 0.306 e. The molecule has 2 aromatic rings. The van der Waals surface area contributed by atoms with Crippen LogP contribution in [0.5, 0.6) is 0 Å². The van der Waals surface area contributed by atoms with Crippen LogP contribution in [-0.4, -0.2) is 60.1 Å². The molecule has 4 rings (SSSR count). The first-order chi connectivity index (χ1) is 16.0. The summed E-state index contributed by atoms with van der Waals surface area (Å²) in [4.78, 5) is 25.0. The Labute approximate surface area is 193 Å². The van der Waals surface area contributed by atoms with E-state index < -0.39 is 30.6 Å². The van der Waals surface area contributed by atoms with Gasteiger partial charge in [0.25, 0.3) is 0 Å². The van der Waals surface area contributed by atoms with Gasteiger partial charge < -0.3 is 25.4 Å². The Morgan fingerprint density at radius 1 is 1.18 bits per heavy atom. The van der Waals surface area contributed by atoms with Gasteiger partial charge in [0, 0.05) is 6.42 Å². The van der Waals surface area contributed by atoms with E-state index in [0.717, 1.165) is 51.4 Å². The fraction of sp³-hybridized carbons (Fsp3) is 0.739. The van der Waals surface area contributed by atoms with Crippen molar-refractivity contribution >= 4 is 23.0 Å².